The number of rotatable bonds is 6. The molecule has 3 aliphatic carbocycles. The summed E-state index contributed by atoms with van der Waals surface area (Å²) in [6, 6.07) is 42.5. The Labute approximate surface area is 272 Å². The molecule has 5 aromatic carbocycles. The van der Waals surface area contributed by atoms with Crippen LogP contribution in [-0.2, 0) is 4.79 Å². The molecule has 2 N–H and O–H groups in total. The molecule has 1 atom stereocenters. The Morgan fingerprint density at radius 3 is 1.89 bits per heavy atom. The number of carbonyl (C=O) groups is 2. The quantitative estimate of drug-likeness (QED) is 0.196. The maximum absolute atomic E-state index is 14.0. The molecule has 46 heavy (non-hydrogen) atoms. The summed E-state index contributed by atoms with van der Waals surface area (Å²) in [6.07, 6.45) is 0.760. The van der Waals surface area contributed by atoms with Gasteiger partial charge in [0.25, 0.3) is 5.91 Å². The van der Waals surface area contributed by atoms with E-state index in [1.165, 1.54) is 33.6 Å². The highest BCUT2D eigenvalue weighted by Gasteiger charge is 2.54. The Morgan fingerprint density at radius 2 is 1.24 bits per heavy atom. The van der Waals surface area contributed by atoms with Gasteiger partial charge in [-0.2, -0.15) is 0 Å². The van der Waals surface area contributed by atoms with Gasteiger partial charge in [0.2, 0.25) is 5.91 Å². The molecular formula is C40H31N3O2S. The average molecular weight is 618 g/mol. The Morgan fingerprint density at radius 1 is 0.674 bits per heavy atom. The number of anilines is 2. The summed E-state index contributed by atoms with van der Waals surface area (Å²) in [4.78, 5) is 31.7. The van der Waals surface area contributed by atoms with Crippen molar-refractivity contribution in [3.8, 4) is 22.4 Å². The fourth-order valence-electron chi connectivity index (χ4n) is 7.27. The van der Waals surface area contributed by atoms with Crippen molar-refractivity contribution in [3.05, 3.63) is 161 Å². The van der Waals surface area contributed by atoms with Crippen molar-refractivity contribution in [1.29, 1.82) is 0 Å². The van der Waals surface area contributed by atoms with Gasteiger partial charge >= 0.3 is 0 Å². The molecule has 0 radical (unpaired) electrons. The molecule has 0 spiro atoms. The van der Waals surface area contributed by atoms with Gasteiger partial charge in [0.05, 0.1) is 11.1 Å². The lowest BCUT2D eigenvalue weighted by molar-refractivity contribution is -0.126. The molecule has 2 bridgehead atoms. The zero-order valence-electron chi connectivity index (χ0n) is 25.2. The summed E-state index contributed by atoms with van der Waals surface area (Å²) in [5.41, 5.74) is 9.74. The van der Waals surface area contributed by atoms with E-state index in [-0.39, 0.29) is 23.7 Å². The van der Waals surface area contributed by atoms with E-state index in [9.17, 15) is 9.59 Å². The minimum absolute atomic E-state index is 0.00349. The molecule has 0 aliphatic heterocycles. The van der Waals surface area contributed by atoms with E-state index < -0.39 is 5.41 Å². The standard InChI is InChI=1S/C40H31N3O2S/c1-40(23-34-30-11-5-7-13-32(30)36(40)33-14-8-6-12-31(33)34)38(45)43-39-42-35(24-46-39)27-15-17-28(18-16-27)37(44)41-29-21-19-26(20-22-29)25-9-3-2-4-10-25/h2-22,24,34,36H,23H2,1H3,(H,41,44)(H,42,43,45). The minimum atomic E-state index is -0.601. The Kier molecular flexibility index (Phi) is 6.88. The normalized spacial score (nSPS) is 19.2. The van der Waals surface area contributed by atoms with Crippen LogP contribution in [0, 0.1) is 5.41 Å². The summed E-state index contributed by atoms with van der Waals surface area (Å²) in [5, 5.41) is 8.66. The highest BCUT2D eigenvalue weighted by atomic mass is 32.1. The largest absolute Gasteiger partial charge is 0.322 e. The van der Waals surface area contributed by atoms with Crippen LogP contribution in [-0.4, -0.2) is 16.8 Å². The van der Waals surface area contributed by atoms with Gasteiger partial charge < -0.3 is 10.6 Å². The minimum Gasteiger partial charge on any atom is -0.322 e. The van der Waals surface area contributed by atoms with Gasteiger partial charge in [-0.05, 0) is 71.0 Å². The van der Waals surface area contributed by atoms with Gasteiger partial charge in [0.15, 0.2) is 5.13 Å². The molecule has 6 heteroatoms. The lowest BCUT2D eigenvalue weighted by atomic mass is 9.52. The number of carbonyl (C=O) groups excluding carboxylic acids is 2. The average Bonchev–Trinajstić information content (AvgIpc) is 3.57. The first-order valence-electron chi connectivity index (χ1n) is 15.5. The second kappa shape index (κ2) is 11.2. The molecule has 9 rings (SSSR count). The van der Waals surface area contributed by atoms with E-state index in [0.29, 0.717) is 10.7 Å². The SMILES string of the molecule is CC1(C(=O)Nc2nc(-c3ccc(C(=O)Nc4ccc(-c5ccccc5)cc4)cc3)cs2)CC2c3ccccc3C1c1ccccc12. The van der Waals surface area contributed by atoms with Crippen molar-refractivity contribution < 1.29 is 9.59 Å². The number of nitrogens with zero attached hydrogens (tertiary/aromatic N) is 1. The van der Waals surface area contributed by atoms with Crippen LogP contribution in [0.25, 0.3) is 22.4 Å². The zero-order chi connectivity index (χ0) is 31.3. The van der Waals surface area contributed by atoms with Crippen molar-refractivity contribution in [2.75, 3.05) is 10.6 Å². The predicted molar refractivity (Wildman–Crippen MR) is 185 cm³/mol. The topological polar surface area (TPSA) is 71.1 Å². The first-order valence-corrected chi connectivity index (χ1v) is 16.4. The number of fused-ring (bicyclic) bond motifs is 1. The molecule has 2 amide bonds. The predicted octanol–water partition coefficient (Wildman–Crippen LogP) is 9.36. The Balaban J connectivity index is 0.957. The molecule has 224 valence electrons. The van der Waals surface area contributed by atoms with Crippen molar-refractivity contribution in [2.24, 2.45) is 5.41 Å². The van der Waals surface area contributed by atoms with E-state index in [1.54, 1.807) is 12.1 Å². The van der Waals surface area contributed by atoms with Crippen LogP contribution in [0.3, 0.4) is 0 Å². The molecule has 0 saturated carbocycles. The van der Waals surface area contributed by atoms with Crippen molar-refractivity contribution in [2.45, 2.75) is 25.2 Å². The van der Waals surface area contributed by atoms with E-state index in [2.05, 4.69) is 78.2 Å². The van der Waals surface area contributed by atoms with E-state index in [1.807, 2.05) is 60.0 Å². The summed E-state index contributed by atoms with van der Waals surface area (Å²) >= 11 is 1.42. The molecule has 1 heterocycles. The second-order valence-corrected chi connectivity index (χ2v) is 13.2. The fraction of sp³-hybridized carbons (Fsp3) is 0.125. The third-order valence-corrected chi connectivity index (χ3v) is 10.3. The third-order valence-electron chi connectivity index (χ3n) is 9.57. The molecule has 3 aliphatic rings. The van der Waals surface area contributed by atoms with Gasteiger partial charge in [-0.15, -0.1) is 11.3 Å². The maximum atomic E-state index is 14.0. The number of aromatic nitrogens is 1. The zero-order valence-corrected chi connectivity index (χ0v) is 26.1. The number of amides is 2. The van der Waals surface area contributed by atoms with Crippen LogP contribution in [0.15, 0.2) is 133 Å². The molecule has 1 unspecified atom stereocenters. The lowest BCUT2D eigenvalue weighted by Gasteiger charge is -2.50. The van der Waals surface area contributed by atoms with Crippen molar-refractivity contribution in [3.63, 3.8) is 0 Å². The smallest absolute Gasteiger partial charge is 0.255 e. The number of hydrogen-bond donors (Lipinski definition) is 2. The number of nitrogens with one attached hydrogen (secondary N) is 2. The molecule has 0 saturated heterocycles. The van der Waals surface area contributed by atoms with E-state index in [0.717, 1.165) is 34.5 Å². The molecule has 1 aromatic heterocycles. The highest BCUT2D eigenvalue weighted by Crippen LogP contribution is 2.61. The highest BCUT2D eigenvalue weighted by molar-refractivity contribution is 7.14. The van der Waals surface area contributed by atoms with Gasteiger partial charge in [0.1, 0.15) is 0 Å². The third kappa shape index (κ3) is 4.82. The van der Waals surface area contributed by atoms with Crippen LogP contribution >= 0.6 is 11.3 Å². The van der Waals surface area contributed by atoms with E-state index in [4.69, 9.17) is 4.98 Å². The monoisotopic (exact) mass is 617 g/mol. The second-order valence-electron chi connectivity index (χ2n) is 12.3. The lowest BCUT2D eigenvalue weighted by Crippen LogP contribution is -2.47. The van der Waals surface area contributed by atoms with Crippen LogP contribution in [0.5, 0.6) is 0 Å². The van der Waals surface area contributed by atoms with Gasteiger partial charge in [-0.3, -0.25) is 9.59 Å². The summed E-state index contributed by atoms with van der Waals surface area (Å²) < 4.78 is 0. The molecule has 0 fully saturated rings. The molecule has 6 aromatic rings. The van der Waals surface area contributed by atoms with Crippen LogP contribution in [0.4, 0.5) is 10.8 Å². The summed E-state index contributed by atoms with van der Waals surface area (Å²) in [6.45, 7) is 2.10. The summed E-state index contributed by atoms with van der Waals surface area (Å²) in [7, 11) is 0. The van der Waals surface area contributed by atoms with Crippen LogP contribution < -0.4 is 10.6 Å². The summed E-state index contributed by atoms with van der Waals surface area (Å²) in [5.74, 6) is 0.00818. The van der Waals surface area contributed by atoms with Crippen LogP contribution in [0.1, 0.15) is 57.8 Å². The number of thiazole rings is 1. The first kappa shape index (κ1) is 28.2. The van der Waals surface area contributed by atoms with Crippen molar-refractivity contribution >= 4 is 34.0 Å². The van der Waals surface area contributed by atoms with Gasteiger partial charge in [0, 0.05) is 34.0 Å². The fourth-order valence-corrected chi connectivity index (χ4v) is 7.98. The Bertz CT molecular complexity index is 2040. The maximum Gasteiger partial charge on any atom is 0.255 e. The van der Waals surface area contributed by atoms with Gasteiger partial charge in [-0.25, -0.2) is 4.98 Å². The first-order chi connectivity index (χ1) is 22.5. The van der Waals surface area contributed by atoms with Gasteiger partial charge in [-0.1, -0.05) is 103 Å². The van der Waals surface area contributed by atoms with Crippen molar-refractivity contribution in [1.82, 2.24) is 4.98 Å². The molecular weight excluding hydrogens is 587 g/mol. The Hall–Kier alpha value is -5.33. The van der Waals surface area contributed by atoms with E-state index >= 15 is 0 Å². The van der Waals surface area contributed by atoms with Crippen LogP contribution in [0.2, 0.25) is 0 Å². The number of hydrogen-bond acceptors (Lipinski definition) is 4. The number of benzene rings is 5. The molecule has 5 nitrogen and oxygen atoms in total.